The molecule has 4 rings (SSSR count). The first-order valence-electron chi connectivity index (χ1n) is 10.4. The Morgan fingerprint density at radius 2 is 1.03 bits per heavy atom. The lowest BCUT2D eigenvalue weighted by Gasteiger charge is -1.98. The summed E-state index contributed by atoms with van der Waals surface area (Å²) in [4.78, 5) is 8.59. The van der Waals surface area contributed by atoms with Gasteiger partial charge < -0.3 is 26.1 Å². The predicted octanol–water partition coefficient (Wildman–Crippen LogP) is 0.804. The van der Waals surface area contributed by atoms with Crippen LogP contribution in [0.25, 0.3) is 0 Å². The third kappa shape index (κ3) is 12.3. The van der Waals surface area contributed by atoms with Crippen LogP contribution in [-0.4, -0.2) is 38.3 Å². The zero-order valence-electron chi connectivity index (χ0n) is 20.1. The van der Waals surface area contributed by atoms with Gasteiger partial charge in [0.1, 0.15) is 0 Å². The van der Waals surface area contributed by atoms with Gasteiger partial charge in [-0.25, -0.2) is 18.4 Å². The van der Waals surface area contributed by atoms with Crippen molar-refractivity contribution in [3.63, 3.8) is 0 Å². The molecule has 2 heterocycles. The number of aryl methyl sites for hydroxylation is 4. The van der Waals surface area contributed by atoms with Crippen LogP contribution >= 0.6 is 0 Å². The zero-order valence-corrected chi connectivity index (χ0v) is 21.7. The second kappa shape index (κ2) is 13.7. The molecule has 34 heavy (non-hydrogen) atoms. The lowest BCUT2D eigenvalue weighted by atomic mass is 10.1. The van der Waals surface area contributed by atoms with E-state index >= 15 is 0 Å². The summed E-state index contributed by atoms with van der Waals surface area (Å²) in [6, 6.07) is 17.2. The average Bonchev–Trinajstić information content (AvgIpc) is 3.32. The van der Waals surface area contributed by atoms with E-state index in [4.69, 9.17) is 13.0 Å². The molecule has 7 nitrogen and oxygen atoms in total. The molecule has 184 valence electrons. The first kappa shape index (κ1) is 29.1. The fourth-order valence-electron chi connectivity index (χ4n) is 2.95. The number of imidazole rings is 2. The molecule has 0 unspecified atom stereocenters. The Kier molecular flexibility index (Phi) is 11.7. The van der Waals surface area contributed by atoms with E-state index in [0.29, 0.717) is 6.26 Å². The summed E-state index contributed by atoms with van der Waals surface area (Å²) >= 11 is 0. The maximum Gasteiger partial charge on any atom is 0.0946 e. The highest BCUT2D eigenvalue weighted by Crippen LogP contribution is 2.09. The Morgan fingerprint density at radius 1 is 0.735 bits per heavy atom. The molecule has 0 bridgehead atoms. The number of hydrogen-bond acceptors (Lipinski definition) is 5. The normalized spacial score (nSPS) is 10.3. The fraction of sp³-hybridized carbons (Fsp3) is 0.280. The highest BCUT2D eigenvalue weighted by molar-refractivity contribution is 7.84. The molecule has 2 aromatic carbocycles. The van der Waals surface area contributed by atoms with Gasteiger partial charge in [0.05, 0.1) is 34.2 Å². The summed E-state index contributed by atoms with van der Waals surface area (Å²) in [5, 5.41) is 0. The highest BCUT2D eigenvalue weighted by atomic mass is 35.5. The first-order valence-corrected chi connectivity index (χ1v) is 12.2. The van der Waals surface area contributed by atoms with Crippen molar-refractivity contribution in [1.82, 2.24) is 19.1 Å². The SMILES string of the molecule is CS(=O)(=O)[O-].Cc1ccc(Cc2cn(C)cn2)cc1.Cc1ccc(Cc2cn(C)cn2)cc1.[Cl-]. The van der Waals surface area contributed by atoms with Gasteiger partial charge in [-0.15, -0.1) is 0 Å². The Bertz CT molecular complexity index is 1140. The summed E-state index contributed by atoms with van der Waals surface area (Å²) in [5.74, 6) is 0. The van der Waals surface area contributed by atoms with Crippen molar-refractivity contribution >= 4 is 10.1 Å². The van der Waals surface area contributed by atoms with Crippen molar-refractivity contribution in [3.8, 4) is 0 Å². The van der Waals surface area contributed by atoms with Crippen LogP contribution in [0.5, 0.6) is 0 Å². The topological polar surface area (TPSA) is 92.8 Å². The number of halogens is 1. The second-order valence-electron chi connectivity index (χ2n) is 8.09. The minimum absolute atomic E-state index is 0. The summed E-state index contributed by atoms with van der Waals surface area (Å²) < 4.78 is 31.2. The molecular formula is C25H31ClN4O3S-2. The van der Waals surface area contributed by atoms with Crippen LogP contribution < -0.4 is 12.4 Å². The van der Waals surface area contributed by atoms with Crippen molar-refractivity contribution in [2.45, 2.75) is 26.7 Å². The minimum Gasteiger partial charge on any atom is -1.00 e. The second-order valence-corrected chi connectivity index (χ2v) is 9.50. The molecule has 0 N–H and O–H groups in total. The van der Waals surface area contributed by atoms with E-state index in [9.17, 15) is 0 Å². The zero-order chi connectivity index (χ0) is 24.4. The number of rotatable bonds is 4. The van der Waals surface area contributed by atoms with Crippen LogP contribution in [0, 0.1) is 13.8 Å². The molecule has 0 radical (unpaired) electrons. The van der Waals surface area contributed by atoms with Crippen LogP contribution in [-0.2, 0) is 37.1 Å². The first-order chi connectivity index (χ1) is 15.5. The predicted molar refractivity (Wildman–Crippen MR) is 130 cm³/mol. The van der Waals surface area contributed by atoms with Gasteiger partial charge in [0, 0.05) is 45.6 Å². The van der Waals surface area contributed by atoms with Gasteiger partial charge in [-0.05, 0) is 25.0 Å². The fourth-order valence-corrected chi connectivity index (χ4v) is 2.95. The maximum absolute atomic E-state index is 9.08. The third-order valence-corrected chi connectivity index (χ3v) is 4.53. The Hall–Kier alpha value is -2.94. The van der Waals surface area contributed by atoms with Gasteiger partial charge in [0.25, 0.3) is 0 Å². The Morgan fingerprint density at radius 3 is 1.26 bits per heavy atom. The average molecular weight is 503 g/mol. The summed E-state index contributed by atoms with van der Waals surface area (Å²) in [5.41, 5.74) is 7.47. The molecule has 4 aromatic rings. The third-order valence-electron chi connectivity index (χ3n) is 4.53. The van der Waals surface area contributed by atoms with E-state index in [-0.39, 0.29) is 12.4 Å². The molecule has 0 saturated carbocycles. The van der Waals surface area contributed by atoms with Gasteiger partial charge in [0.15, 0.2) is 0 Å². The van der Waals surface area contributed by atoms with Crippen molar-refractivity contribution < 1.29 is 25.4 Å². The molecule has 0 amide bonds. The highest BCUT2D eigenvalue weighted by Gasteiger charge is 1.99. The van der Waals surface area contributed by atoms with Crippen LogP contribution in [0.4, 0.5) is 0 Å². The molecule has 0 spiro atoms. The van der Waals surface area contributed by atoms with Gasteiger partial charge in [-0.2, -0.15) is 0 Å². The largest absolute Gasteiger partial charge is 1.00 e. The molecular weight excluding hydrogens is 472 g/mol. The van der Waals surface area contributed by atoms with Crippen molar-refractivity contribution in [3.05, 3.63) is 107 Å². The number of nitrogens with zero attached hydrogens (tertiary/aromatic N) is 4. The molecule has 0 saturated heterocycles. The van der Waals surface area contributed by atoms with Gasteiger partial charge in [-0.1, -0.05) is 59.7 Å². The van der Waals surface area contributed by atoms with E-state index in [1.807, 2.05) is 35.9 Å². The van der Waals surface area contributed by atoms with E-state index in [2.05, 4.69) is 84.7 Å². The molecule has 2 aromatic heterocycles. The lowest BCUT2D eigenvalue weighted by molar-refractivity contribution is -0.0000117. The van der Waals surface area contributed by atoms with Crippen LogP contribution in [0.3, 0.4) is 0 Å². The Labute approximate surface area is 208 Å². The standard InChI is InChI=1S/2C12H14N2.CH4O3S.ClH/c2*1-10-3-5-11(6-4-10)7-12-8-14(2)9-13-12;1-5(2,3)4;/h2*3-6,8-9H,7H2,1-2H3;1H3,(H,2,3,4);1H/p-2. The number of aromatic nitrogens is 4. The van der Waals surface area contributed by atoms with Crippen molar-refractivity contribution in [2.75, 3.05) is 6.26 Å². The van der Waals surface area contributed by atoms with Gasteiger partial charge >= 0.3 is 0 Å². The number of hydrogen-bond donors (Lipinski definition) is 0. The Balaban J connectivity index is 0.000000278. The van der Waals surface area contributed by atoms with Crippen LogP contribution in [0.1, 0.15) is 33.6 Å². The van der Waals surface area contributed by atoms with Crippen LogP contribution in [0.15, 0.2) is 73.6 Å². The van der Waals surface area contributed by atoms with Crippen molar-refractivity contribution in [2.24, 2.45) is 14.1 Å². The monoisotopic (exact) mass is 502 g/mol. The van der Waals surface area contributed by atoms with Gasteiger partial charge in [-0.3, -0.25) is 0 Å². The molecule has 0 aliphatic carbocycles. The molecule has 0 fully saturated rings. The molecule has 0 aliphatic rings. The maximum atomic E-state index is 9.08. The minimum atomic E-state index is -3.92. The molecule has 0 aliphatic heterocycles. The van der Waals surface area contributed by atoms with Gasteiger partial charge in [0.2, 0.25) is 0 Å². The van der Waals surface area contributed by atoms with Crippen molar-refractivity contribution in [1.29, 1.82) is 0 Å². The van der Waals surface area contributed by atoms with Crippen LogP contribution in [0.2, 0.25) is 0 Å². The van der Waals surface area contributed by atoms with E-state index in [0.717, 1.165) is 24.2 Å². The van der Waals surface area contributed by atoms with E-state index < -0.39 is 10.1 Å². The van der Waals surface area contributed by atoms with E-state index in [1.165, 1.54) is 22.3 Å². The smallest absolute Gasteiger partial charge is 0.0946 e. The molecule has 9 heteroatoms. The molecule has 0 atom stereocenters. The lowest BCUT2D eigenvalue weighted by Crippen LogP contribution is -3.00. The number of benzene rings is 2. The summed E-state index contributed by atoms with van der Waals surface area (Å²) in [7, 11) is 0.0667. The summed E-state index contributed by atoms with van der Waals surface area (Å²) in [6.07, 6.45) is 10.2. The summed E-state index contributed by atoms with van der Waals surface area (Å²) in [6.45, 7) is 4.20. The van der Waals surface area contributed by atoms with E-state index in [1.54, 1.807) is 0 Å². The quantitative estimate of drug-likeness (QED) is 0.385.